The molecule has 0 spiro atoms. The van der Waals surface area contributed by atoms with Gasteiger partial charge in [-0.15, -0.1) is 0 Å². The highest BCUT2D eigenvalue weighted by Gasteiger charge is 2.24. The van der Waals surface area contributed by atoms with Crippen molar-refractivity contribution in [1.29, 1.82) is 5.26 Å². The summed E-state index contributed by atoms with van der Waals surface area (Å²) in [5.74, 6) is 0. The van der Waals surface area contributed by atoms with Gasteiger partial charge in [-0.3, -0.25) is 4.98 Å². The van der Waals surface area contributed by atoms with Gasteiger partial charge in [-0.25, -0.2) is 0 Å². The Morgan fingerprint density at radius 2 is 1.29 bits per heavy atom. The molecule has 34 heavy (non-hydrogen) atoms. The van der Waals surface area contributed by atoms with E-state index in [0.717, 1.165) is 27.9 Å². The van der Waals surface area contributed by atoms with Gasteiger partial charge in [0.1, 0.15) is 6.07 Å². The van der Waals surface area contributed by atoms with E-state index < -0.39 is 0 Å². The van der Waals surface area contributed by atoms with Crippen molar-refractivity contribution >= 4 is 28.8 Å². The summed E-state index contributed by atoms with van der Waals surface area (Å²) in [5, 5.41) is 9.34. The van der Waals surface area contributed by atoms with E-state index in [1.54, 1.807) is 6.20 Å². The molecule has 0 saturated carbocycles. The van der Waals surface area contributed by atoms with Crippen LogP contribution in [-0.2, 0) is 0 Å². The quantitative estimate of drug-likeness (QED) is 0.271. The van der Waals surface area contributed by atoms with Gasteiger partial charge in [-0.1, -0.05) is 72.4 Å². The molecule has 0 aliphatic carbocycles. The highest BCUT2D eigenvalue weighted by atomic mass is 32.2. The molecule has 0 bridgehead atoms. The van der Waals surface area contributed by atoms with Crippen LogP contribution >= 0.6 is 11.8 Å². The Balaban J connectivity index is 1.50. The topological polar surface area (TPSA) is 39.9 Å². The zero-order chi connectivity index (χ0) is 22.9. The number of benzene rings is 4. The van der Waals surface area contributed by atoms with Crippen LogP contribution in [-0.4, -0.2) is 4.98 Å². The Morgan fingerprint density at radius 3 is 2.00 bits per heavy atom. The summed E-state index contributed by atoms with van der Waals surface area (Å²) < 4.78 is 0. The summed E-state index contributed by atoms with van der Waals surface area (Å²) in [7, 11) is 0. The SMILES string of the molecule is N#Cc1cncc(-c2ccccc2-c2cccc(N3c4ccccc4Sc4ccccc43)c2)c1. The molecule has 4 aromatic carbocycles. The number of pyridine rings is 1. The summed E-state index contributed by atoms with van der Waals surface area (Å²) >= 11 is 1.81. The van der Waals surface area contributed by atoms with Crippen molar-refractivity contribution < 1.29 is 0 Å². The standard InChI is InChI=1S/C30H19N3S/c31-18-21-16-23(20-32-19-21)26-11-2-1-10-25(26)22-8-7-9-24(17-22)33-27-12-3-5-14-29(27)34-30-15-6-4-13-28(30)33/h1-17,19-20H. The minimum Gasteiger partial charge on any atom is -0.308 e. The summed E-state index contributed by atoms with van der Waals surface area (Å²) in [6, 6.07) is 38.1. The number of aromatic nitrogens is 1. The van der Waals surface area contributed by atoms with Crippen molar-refractivity contribution in [2.75, 3.05) is 4.90 Å². The van der Waals surface area contributed by atoms with Crippen molar-refractivity contribution in [3.63, 3.8) is 0 Å². The smallest absolute Gasteiger partial charge is 0.101 e. The van der Waals surface area contributed by atoms with Gasteiger partial charge in [0, 0.05) is 33.4 Å². The molecular weight excluding hydrogens is 434 g/mol. The molecule has 0 unspecified atom stereocenters. The van der Waals surface area contributed by atoms with Crippen LogP contribution in [0.4, 0.5) is 17.1 Å². The third kappa shape index (κ3) is 3.53. The average molecular weight is 454 g/mol. The van der Waals surface area contributed by atoms with Gasteiger partial charge in [0.05, 0.1) is 16.9 Å². The van der Waals surface area contributed by atoms with Gasteiger partial charge in [0.25, 0.3) is 0 Å². The van der Waals surface area contributed by atoms with E-state index in [0.29, 0.717) is 5.56 Å². The summed E-state index contributed by atoms with van der Waals surface area (Å²) in [6.07, 6.45) is 3.41. The van der Waals surface area contributed by atoms with E-state index >= 15 is 0 Å². The third-order valence-electron chi connectivity index (χ3n) is 5.95. The third-order valence-corrected chi connectivity index (χ3v) is 7.08. The van der Waals surface area contributed by atoms with Crippen molar-refractivity contribution in [3.05, 3.63) is 121 Å². The predicted octanol–water partition coefficient (Wildman–Crippen LogP) is 8.22. The number of nitrogens with zero attached hydrogens (tertiary/aromatic N) is 3. The van der Waals surface area contributed by atoms with Crippen LogP contribution in [0.15, 0.2) is 125 Å². The summed E-state index contributed by atoms with van der Waals surface area (Å²) in [5.41, 5.74) is 8.24. The van der Waals surface area contributed by atoms with E-state index in [2.05, 4.69) is 107 Å². The first kappa shape index (κ1) is 20.3. The molecule has 0 atom stereocenters. The molecule has 0 N–H and O–H groups in total. The lowest BCUT2D eigenvalue weighted by Gasteiger charge is -2.33. The molecule has 0 amide bonds. The van der Waals surface area contributed by atoms with Gasteiger partial charge in [-0.05, 0) is 59.2 Å². The average Bonchev–Trinajstić information content (AvgIpc) is 2.92. The molecule has 0 fully saturated rings. The molecular formula is C30H19N3S. The Labute approximate surface area is 203 Å². The van der Waals surface area contributed by atoms with Gasteiger partial charge in [-0.2, -0.15) is 5.26 Å². The van der Waals surface area contributed by atoms with Crippen molar-refractivity contribution in [2.24, 2.45) is 0 Å². The Hall–Kier alpha value is -4.33. The molecule has 5 aromatic rings. The van der Waals surface area contributed by atoms with Gasteiger partial charge >= 0.3 is 0 Å². The maximum absolute atomic E-state index is 9.34. The zero-order valence-electron chi connectivity index (χ0n) is 18.2. The number of hydrogen-bond acceptors (Lipinski definition) is 4. The first-order chi connectivity index (χ1) is 16.8. The number of hydrogen-bond donors (Lipinski definition) is 0. The summed E-state index contributed by atoms with van der Waals surface area (Å²) in [6.45, 7) is 0. The fourth-order valence-electron chi connectivity index (χ4n) is 4.43. The Bertz CT molecular complexity index is 1520. The molecule has 0 saturated heterocycles. The first-order valence-corrected chi connectivity index (χ1v) is 11.8. The number of nitriles is 1. The van der Waals surface area contributed by atoms with Gasteiger partial charge in [0.2, 0.25) is 0 Å². The molecule has 4 heteroatoms. The number of para-hydroxylation sites is 2. The molecule has 1 aliphatic rings. The zero-order valence-corrected chi connectivity index (χ0v) is 19.0. The molecule has 3 nitrogen and oxygen atoms in total. The number of rotatable bonds is 3. The first-order valence-electron chi connectivity index (χ1n) is 11.0. The lowest BCUT2D eigenvalue weighted by atomic mass is 9.94. The fraction of sp³-hybridized carbons (Fsp3) is 0. The fourth-order valence-corrected chi connectivity index (χ4v) is 5.49. The lowest BCUT2D eigenvalue weighted by molar-refractivity contribution is 1.17. The monoisotopic (exact) mass is 453 g/mol. The second-order valence-electron chi connectivity index (χ2n) is 8.04. The van der Waals surface area contributed by atoms with E-state index in [1.165, 1.54) is 21.2 Å². The highest BCUT2D eigenvalue weighted by molar-refractivity contribution is 7.99. The van der Waals surface area contributed by atoms with E-state index in [1.807, 2.05) is 30.1 Å². The second kappa shape index (κ2) is 8.55. The normalized spacial score (nSPS) is 11.9. The van der Waals surface area contributed by atoms with Crippen LogP contribution in [0.25, 0.3) is 22.3 Å². The largest absolute Gasteiger partial charge is 0.308 e. The van der Waals surface area contributed by atoms with Crippen molar-refractivity contribution in [1.82, 2.24) is 4.98 Å². The minimum absolute atomic E-state index is 0.556. The molecule has 1 aliphatic heterocycles. The van der Waals surface area contributed by atoms with Crippen LogP contribution in [0, 0.1) is 11.3 Å². The summed E-state index contributed by atoms with van der Waals surface area (Å²) in [4.78, 5) is 9.10. The molecule has 0 radical (unpaired) electrons. The number of fused-ring (bicyclic) bond motifs is 2. The van der Waals surface area contributed by atoms with Crippen molar-refractivity contribution in [2.45, 2.75) is 9.79 Å². The van der Waals surface area contributed by atoms with Crippen LogP contribution in [0.1, 0.15) is 5.56 Å². The number of anilines is 3. The predicted molar refractivity (Wildman–Crippen MR) is 139 cm³/mol. The maximum atomic E-state index is 9.34. The van der Waals surface area contributed by atoms with Crippen LogP contribution in [0.3, 0.4) is 0 Å². The lowest BCUT2D eigenvalue weighted by Crippen LogP contribution is -2.14. The van der Waals surface area contributed by atoms with Crippen LogP contribution in [0.2, 0.25) is 0 Å². The van der Waals surface area contributed by atoms with Crippen LogP contribution < -0.4 is 4.90 Å². The van der Waals surface area contributed by atoms with Crippen molar-refractivity contribution in [3.8, 4) is 28.3 Å². The Kier molecular flexibility index (Phi) is 5.10. The molecule has 160 valence electrons. The maximum Gasteiger partial charge on any atom is 0.101 e. The second-order valence-corrected chi connectivity index (χ2v) is 9.13. The van der Waals surface area contributed by atoms with Crippen LogP contribution in [0.5, 0.6) is 0 Å². The molecule has 6 rings (SSSR count). The van der Waals surface area contributed by atoms with E-state index in [9.17, 15) is 5.26 Å². The van der Waals surface area contributed by atoms with Gasteiger partial charge in [0.15, 0.2) is 0 Å². The minimum atomic E-state index is 0.556. The van der Waals surface area contributed by atoms with Gasteiger partial charge < -0.3 is 4.90 Å². The highest BCUT2D eigenvalue weighted by Crippen LogP contribution is 2.51. The molecule has 2 heterocycles. The molecule has 1 aromatic heterocycles. The Morgan fingerprint density at radius 1 is 0.647 bits per heavy atom. The van der Waals surface area contributed by atoms with E-state index in [-0.39, 0.29) is 0 Å². The van der Waals surface area contributed by atoms with E-state index in [4.69, 9.17) is 0 Å².